The number of carbonyl (C=O) groups is 2. The summed E-state index contributed by atoms with van der Waals surface area (Å²) in [6.07, 6.45) is 3.10. The molecule has 0 aliphatic carbocycles. The normalized spacial score (nSPS) is 18.0. The topological polar surface area (TPSA) is 87.8 Å². The molecule has 1 atom stereocenters. The van der Waals surface area contributed by atoms with Crippen molar-refractivity contribution in [2.24, 2.45) is 18.1 Å². The first-order valence-corrected chi connectivity index (χ1v) is 7.22. The fraction of sp³-hybridized carbons (Fsp3) is 0.200. The summed E-state index contributed by atoms with van der Waals surface area (Å²) in [6, 6.07) is 6.88. The summed E-state index contributed by atoms with van der Waals surface area (Å²) in [5.74, 6) is -2.94. The summed E-state index contributed by atoms with van der Waals surface area (Å²) >= 11 is 5.87. The number of amides is 1. The second-order valence-electron chi connectivity index (χ2n) is 5.17. The molecule has 1 N–H and O–H groups in total. The van der Waals surface area contributed by atoms with Crippen molar-refractivity contribution in [3.05, 3.63) is 47.2 Å². The van der Waals surface area contributed by atoms with Gasteiger partial charge in [0.15, 0.2) is 0 Å². The Hall–Kier alpha value is -2.67. The van der Waals surface area contributed by atoms with Crippen LogP contribution in [0.1, 0.15) is 12.0 Å². The lowest BCUT2D eigenvalue weighted by atomic mass is 9.95. The van der Waals surface area contributed by atoms with Crippen LogP contribution < -0.4 is 5.01 Å². The summed E-state index contributed by atoms with van der Waals surface area (Å²) in [7, 11) is 1.70. The van der Waals surface area contributed by atoms with Crippen LogP contribution in [0.4, 0.5) is 5.69 Å². The number of carboxylic acids is 1. The van der Waals surface area contributed by atoms with Gasteiger partial charge in [0.25, 0.3) is 5.91 Å². The fourth-order valence-electron chi connectivity index (χ4n) is 2.35. The third-order valence-electron chi connectivity index (χ3n) is 3.54. The van der Waals surface area contributed by atoms with Crippen LogP contribution in [0, 0.1) is 5.92 Å². The highest BCUT2D eigenvalue weighted by atomic mass is 35.5. The van der Waals surface area contributed by atoms with Crippen molar-refractivity contribution >= 4 is 34.9 Å². The molecule has 2 heterocycles. The second-order valence-corrected chi connectivity index (χ2v) is 5.61. The molecule has 1 unspecified atom stereocenters. The molecule has 0 saturated carbocycles. The highest BCUT2D eigenvalue weighted by Crippen LogP contribution is 2.26. The molecule has 3 rings (SSSR count). The van der Waals surface area contributed by atoms with E-state index >= 15 is 0 Å². The minimum atomic E-state index is -1.18. The Labute approximate surface area is 136 Å². The Bertz CT molecular complexity index is 797. The molecule has 23 heavy (non-hydrogen) atoms. The highest BCUT2D eigenvalue weighted by Gasteiger charge is 2.37. The number of hydrogen-bond acceptors (Lipinski definition) is 4. The summed E-state index contributed by atoms with van der Waals surface area (Å²) in [5.41, 5.74) is 1.66. The summed E-state index contributed by atoms with van der Waals surface area (Å²) in [5, 5.41) is 19.3. The van der Waals surface area contributed by atoms with Crippen molar-refractivity contribution in [2.75, 3.05) is 5.01 Å². The third kappa shape index (κ3) is 2.95. The standard InChI is InChI=1S/C15H13ClN4O3/c1-19-8-11(7-17-19)20-14(21)12(15(22)23)6-13(18-20)9-2-4-10(16)5-3-9/h2-5,7-8,12H,6H2,1H3,(H,22,23). The van der Waals surface area contributed by atoms with Crippen LogP contribution in [0.2, 0.25) is 5.02 Å². The number of anilines is 1. The van der Waals surface area contributed by atoms with Gasteiger partial charge >= 0.3 is 5.97 Å². The molecular weight excluding hydrogens is 320 g/mol. The quantitative estimate of drug-likeness (QED) is 0.870. The monoisotopic (exact) mass is 332 g/mol. The lowest BCUT2D eigenvalue weighted by Gasteiger charge is -2.26. The van der Waals surface area contributed by atoms with E-state index in [0.29, 0.717) is 16.4 Å². The van der Waals surface area contributed by atoms with Crippen LogP contribution in [0.5, 0.6) is 0 Å². The van der Waals surface area contributed by atoms with Crippen molar-refractivity contribution in [1.82, 2.24) is 9.78 Å². The van der Waals surface area contributed by atoms with Crippen LogP contribution >= 0.6 is 11.6 Å². The Balaban J connectivity index is 2.05. The molecule has 1 aliphatic heterocycles. The van der Waals surface area contributed by atoms with E-state index in [9.17, 15) is 14.7 Å². The molecule has 0 fully saturated rings. The van der Waals surface area contributed by atoms with Gasteiger partial charge in [-0.05, 0) is 17.7 Å². The maximum atomic E-state index is 12.4. The molecule has 118 valence electrons. The first kappa shape index (κ1) is 15.2. The van der Waals surface area contributed by atoms with Gasteiger partial charge < -0.3 is 5.11 Å². The van der Waals surface area contributed by atoms with Gasteiger partial charge in [-0.3, -0.25) is 14.3 Å². The number of halogens is 1. The number of hydrazone groups is 1. The van der Waals surface area contributed by atoms with Gasteiger partial charge in [0.2, 0.25) is 0 Å². The van der Waals surface area contributed by atoms with E-state index in [2.05, 4.69) is 10.2 Å². The number of rotatable bonds is 3. The second kappa shape index (κ2) is 5.85. The van der Waals surface area contributed by atoms with E-state index in [0.717, 1.165) is 10.6 Å². The van der Waals surface area contributed by atoms with Gasteiger partial charge in [-0.25, -0.2) is 0 Å². The molecule has 8 heteroatoms. The van der Waals surface area contributed by atoms with E-state index in [1.165, 1.54) is 10.9 Å². The van der Waals surface area contributed by atoms with Crippen LogP contribution in [-0.4, -0.2) is 32.5 Å². The molecule has 2 aromatic rings. The van der Waals surface area contributed by atoms with Gasteiger partial charge in [0, 0.05) is 18.5 Å². The third-order valence-corrected chi connectivity index (χ3v) is 3.79. The number of carbonyl (C=O) groups excluding carboxylic acids is 1. The predicted octanol–water partition coefficient (Wildman–Crippen LogP) is 1.92. The van der Waals surface area contributed by atoms with Gasteiger partial charge in [0.05, 0.1) is 18.1 Å². The highest BCUT2D eigenvalue weighted by molar-refractivity contribution is 6.30. The number of benzene rings is 1. The van der Waals surface area contributed by atoms with Crippen LogP contribution in [0.15, 0.2) is 41.8 Å². The molecule has 1 aromatic heterocycles. The number of aryl methyl sites for hydroxylation is 1. The minimum absolute atomic E-state index is 0.0343. The Morgan fingerprint density at radius 1 is 1.35 bits per heavy atom. The van der Waals surface area contributed by atoms with Crippen molar-refractivity contribution in [3.63, 3.8) is 0 Å². The number of aromatic nitrogens is 2. The Morgan fingerprint density at radius 2 is 2.04 bits per heavy atom. The smallest absolute Gasteiger partial charge is 0.316 e. The van der Waals surface area contributed by atoms with Crippen molar-refractivity contribution in [3.8, 4) is 0 Å². The lowest BCUT2D eigenvalue weighted by Crippen LogP contribution is -2.42. The Morgan fingerprint density at radius 3 is 2.61 bits per heavy atom. The number of aliphatic carboxylic acids is 1. The zero-order valence-electron chi connectivity index (χ0n) is 12.2. The molecule has 7 nitrogen and oxygen atoms in total. The van der Waals surface area contributed by atoms with Gasteiger partial charge in [-0.1, -0.05) is 23.7 Å². The van der Waals surface area contributed by atoms with E-state index < -0.39 is 17.8 Å². The molecule has 0 radical (unpaired) electrons. The Kier molecular flexibility index (Phi) is 3.87. The predicted molar refractivity (Wildman–Crippen MR) is 84.4 cm³/mol. The average Bonchev–Trinajstić information content (AvgIpc) is 2.94. The number of hydrogen-bond donors (Lipinski definition) is 1. The van der Waals surface area contributed by atoms with E-state index in [1.54, 1.807) is 37.5 Å². The van der Waals surface area contributed by atoms with Gasteiger partial charge in [0.1, 0.15) is 11.6 Å². The molecule has 0 saturated heterocycles. The van der Waals surface area contributed by atoms with Crippen molar-refractivity contribution < 1.29 is 14.7 Å². The number of nitrogens with zero attached hydrogens (tertiary/aromatic N) is 4. The van der Waals surface area contributed by atoms with Gasteiger partial charge in [-0.15, -0.1) is 0 Å². The maximum Gasteiger partial charge on any atom is 0.316 e. The molecule has 0 bridgehead atoms. The SMILES string of the molecule is Cn1cc(N2N=C(c3ccc(Cl)cc3)CC(C(=O)O)C2=O)cn1. The van der Waals surface area contributed by atoms with Crippen molar-refractivity contribution in [1.29, 1.82) is 0 Å². The summed E-state index contributed by atoms with van der Waals surface area (Å²) < 4.78 is 1.52. The summed E-state index contributed by atoms with van der Waals surface area (Å²) in [4.78, 5) is 23.8. The largest absolute Gasteiger partial charge is 0.481 e. The van der Waals surface area contributed by atoms with Crippen LogP contribution in [-0.2, 0) is 16.6 Å². The molecule has 1 aliphatic rings. The fourth-order valence-corrected chi connectivity index (χ4v) is 2.48. The average molecular weight is 333 g/mol. The first-order chi connectivity index (χ1) is 11.0. The van der Waals surface area contributed by atoms with Gasteiger partial charge in [-0.2, -0.15) is 15.2 Å². The molecule has 1 aromatic carbocycles. The van der Waals surface area contributed by atoms with E-state index in [1.807, 2.05) is 0 Å². The molecule has 0 spiro atoms. The number of carboxylic acid groups (broad SMARTS) is 1. The lowest BCUT2D eigenvalue weighted by molar-refractivity contribution is -0.146. The molecular formula is C15H13ClN4O3. The van der Waals surface area contributed by atoms with Crippen LogP contribution in [0.25, 0.3) is 0 Å². The molecule has 1 amide bonds. The zero-order valence-corrected chi connectivity index (χ0v) is 12.9. The maximum absolute atomic E-state index is 12.4. The zero-order chi connectivity index (χ0) is 16.6. The summed E-state index contributed by atoms with van der Waals surface area (Å²) in [6.45, 7) is 0. The first-order valence-electron chi connectivity index (χ1n) is 6.84. The van der Waals surface area contributed by atoms with Crippen LogP contribution in [0.3, 0.4) is 0 Å². The van der Waals surface area contributed by atoms with E-state index in [-0.39, 0.29) is 6.42 Å². The van der Waals surface area contributed by atoms with E-state index in [4.69, 9.17) is 11.6 Å². The minimum Gasteiger partial charge on any atom is -0.481 e. The van der Waals surface area contributed by atoms with Crippen molar-refractivity contribution in [2.45, 2.75) is 6.42 Å².